The number of aliphatic hydroxyl groups is 1. The summed E-state index contributed by atoms with van der Waals surface area (Å²) >= 11 is 0. The Morgan fingerprint density at radius 1 is 1.18 bits per heavy atom. The van der Waals surface area contributed by atoms with E-state index >= 15 is 0 Å². The second-order valence-corrected chi connectivity index (χ2v) is 3.88. The molecule has 90 valence electrons. The van der Waals surface area contributed by atoms with Gasteiger partial charge in [-0.2, -0.15) is 0 Å². The van der Waals surface area contributed by atoms with Crippen molar-refractivity contribution in [1.82, 2.24) is 0 Å². The zero-order valence-corrected chi connectivity index (χ0v) is 9.85. The smallest absolute Gasteiger partial charge is 0.146 e. The molecule has 1 N–H and O–H groups in total. The van der Waals surface area contributed by atoms with Gasteiger partial charge in [-0.3, -0.25) is 0 Å². The van der Waals surface area contributed by atoms with E-state index in [0.717, 1.165) is 22.8 Å². The van der Waals surface area contributed by atoms with Gasteiger partial charge in [-0.15, -0.1) is 0 Å². The zero-order valence-electron chi connectivity index (χ0n) is 9.85. The third-order valence-electron chi connectivity index (χ3n) is 2.52. The van der Waals surface area contributed by atoms with Crippen molar-refractivity contribution in [3.63, 3.8) is 0 Å². The topological polar surface area (TPSA) is 42.6 Å². The highest BCUT2D eigenvalue weighted by molar-refractivity contribution is 5.33. The van der Waals surface area contributed by atoms with Crippen molar-refractivity contribution in [2.45, 2.75) is 20.0 Å². The lowest BCUT2D eigenvalue weighted by atomic mass is 10.1. The summed E-state index contributed by atoms with van der Waals surface area (Å²) in [5.41, 5.74) is 1.01. The Balaban J connectivity index is 2.03. The predicted octanol–water partition coefficient (Wildman–Crippen LogP) is 2.70. The van der Waals surface area contributed by atoms with Gasteiger partial charge in [0.05, 0.1) is 0 Å². The number of hydrogen-bond acceptors (Lipinski definition) is 3. The molecule has 3 heteroatoms. The largest absolute Gasteiger partial charge is 0.485 e. The van der Waals surface area contributed by atoms with Gasteiger partial charge in [0.15, 0.2) is 0 Å². The molecule has 17 heavy (non-hydrogen) atoms. The van der Waals surface area contributed by atoms with E-state index in [9.17, 15) is 0 Å². The van der Waals surface area contributed by atoms with Crippen molar-refractivity contribution in [3.05, 3.63) is 53.5 Å². The number of hydrogen-bond donors (Lipinski definition) is 1. The maximum Gasteiger partial charge on any atom is 0.146 e. The number of benzene rings is 1. The Hall–Kier alpha value is -1.74. The van der Waals surface area contributed by atoms with Crippen LogP contribution in [0.5, 0.6) is 5.75 Å². The minimum absolute atomic E-state index is 0.125. The van der Waals surface area contributed by atoms with E-state index in [1.54, 1.807) is 0 Å². The molecule has 3 nitrogen and oxygen atoms in total. The number of furan rings is 1. The Morgan fingerprint density at radius 2 is 2.00 bits per heavy atom. The van der Waals surface area contributed by atoms with Crippen molar-refractivity contribution in [3.8, 4) is 5.75 Å². The fourth-order valence-electron chi connectivity index (χ4n) is 1.68. The van der Waals surface area contributed by atoms with Crippen LogP contribution in [0.4, 0.5) is 0 Å². The molecular weight excluding hydrogens is 216 g/mol. The van der Waals surface area contributed by atoms with Crippen LogP contribution >= 0.6 is 0 Å². The third kappa shape index (κ3) is 3.11. The van der Waals surface area contributed by atoms with Gasteiger partial charge in [0.25, 0.3) is 0 Å². The van der Waals surface area contributed by atoms with Crippen molar-refractivity contribution >= 4 is 0 Å². The second-order valence-electron chi connectivity index (χ2n) is 3.88. The molecule has 0 aliphatic rings. The zero-order chi connectivity index (χ0) is 12.1. The van der Waals surface area contributed by atoms with E-state index < -0.39 is 0 Å². The number of ether oxygens (including phenoxy) is 1. The number of para-hydroxylation sites is 1. The molecule has 1 heterocycles. The fourth-order valence-corrected chi connectivity index (χ4v) is 1.68. The van der Waals surface area contributed by atoms with Gasteiger partial charge in [0.1, 0.15) is 23.9 Å². The van der Waals surface area contributed by atoms with E-state index in [1.165, 1.54) is 0 Å². The second kappa shape index (κ2) is 5.55. The lowest BCUT2D eigenvalue weighted by Crippen LogP contribution is -1.99. The van der Waals surface area contributed by atoms with E-state index in [2.05, 4.69) is 0 Å². The SMILES string of the molecule is Cc1ccc(COc2ccccc2CCO)o1. The Bertz CT molecular complexity index is 474. The summed E-state index contributed by atoms with van der Waals surface area (Å²) in [4.78, 5) is 0. The maximum atomic E-state index is 8.96. The molecule has 0 fully saturated rings. The van der Waals surface area contributed by atoms with E-state index in [4.69, 9.17) is 14.3 Å². The minimum atomic E-state index is 0.125. The first kappa shape index (κ1) is 11.7. The molecule has 0 radical (unpaired) electrons. The molecule has 2 rings (SSSR count). The van der Waals surface area contributed by atoms with Gasteiger partial charge in [-0.05, 0) is 37.1 Å². The lowest BCUT2D eigenvalue weighted by Gasteiger charge is -2.09. The maximum absolute atomic E-state index is 8.96. The van der Waals surface area contributed by atoms with Crippen LogP contribution in [0, 0.1) is 6.92 Å². The highest BCUT2D eigenvalue weighted by atomic mass is 16.5. The molecule has 0 amide bonds. The van der Waals surface area contributed by atoms with Crippen LogP contribution in [0.1, 0.15) is 17.1 Å². The quantitative estimate of drug-likeness (QED) is 0.861. The van der Waals surface area contributed by atoms with Crippen LogP contribution in [0.25, 0.3) is 0 Å². The molecule has 0 aliphatic carbocycles. The number of rotatable bonds is 5. The predicted molar refractivity (Wildman–Crippen MR) is 65.0 cm³/mol. The van der Waals surface area contributed by atoms with E-state index in [1.807, 2.05) is 43.3 Å². The summed E-state index contributed by atoms with van der Waals surface area (Å²) < 4.78 is 11.1. The molecule has 0 saturated heterocycles. The number of aryl methyl sites for hydroxylation is 1. The Labute approximate surface area is 101 Å². The molecule has 1 aromatic heterocycles. The standard InChI is InChI=1S/C14H16O3/c1-11-6-7-13(17-11)10-16-14-5-3-2-4-12(14)8-9-15/h2-7,15H,8-10H2,1H3. The Morgan fingerprint density at radius 3 is 2.71 bits per heavy atom. The number of aliphatic hydroxyl groups excluding tert-OH is 1. The van der Waals surface area contributed by atoms with Gasteiger partial charge in [0.2, 0.25) is 0 Å². The van der Waals surface area contributed by atoms with Gasteiger partial charge >= 0.3 is 0 Å². The van der Waals surface area contributed by atoms with Crippen LogP contribution in [-0.2, 0) is 13.0 Å². The first-order valence-electron chi connectivity index (χ1n) is 5.66. The Kier molecular flexibility index (Phi) is 3.83. The monoisotopic (exact) mass is 232 g/mol. The van der Waals surface area contributed by atoms with Crippen LogP contribution in [0.3, 0.4) is 0 Å². The molecule has 2 aromatic rings. The summed E-state index contributed by atoms with van der Waals surface area (Å²) in [6, 6.07) is 11.5. The van der Waals surface area contributed by atoms with Gasteiger partial charge in [-0.25, -0.2) is 0 Å². The van der Waals surface area contributed by atoms with Gasteiger partial charge in [-0.1, -0.05) is 18.2 Å². The molecule has 0 saturated carbocycles. The molecule has 0 aliphatic heterocycles. The van der Waals surface area contributed by atoms with Crippen LogP contribution < -0.4 is 4.74 Å². The third-order valence-corrected chi connectivity index (χ3v) is 2.52. The summed E-state index contributed by atoms with van der Waals surface area (Å²) in [5, 5.41) is 8.96. The van der Waals surface area contributed by atoms with Crippen LogP contribution in [-0.4, -0.2) is 11.7 Å². The van der Waals surface area contributed by atoms with Crippen molar-refractivity contribution in [2.24, 2.45) is 0 Å². The van der Waals surface area contributed by atoms with E-state index in [-0.39, 0.29) is 6.61 Å². The van der Waals surface area contributed by atoms with Crippen LogP contribution in [0.2, 0.25) is 0 Å². The molecule has 0 spiro atoms. The van der Waals surface area contributed by atoms with Crippen molar-refractivity contribution < 1.29 is 14.3 Å². The summed E-state index contributed by atoms with van der Waals surface area (Å²) in [5.74, 6) is 2.49. The average molecular weight is 232 g/mol. The highest BCUT2D eigenvalue weighted by Crippen LogP contribution is 2.20. The van der Waals surface area contributed by atoms with Crippen molar-refractivity contribution in [2.75, 3.05) is 6.61 Å². The van der Waals surface area contributed by atoms with Crippen LogP contribution in [0.15, 0.2) is 40.8 Å². The first-order chi connectivity index (χ1) is 8.29. The normalized spacial score (nSPS) is 10.5. The van der Waals surface area contributed by atoms with Crippen molar-refractivity contribution in [1.29, 1.82) is 0 Å². The fraction of sp³-hybridized carbons (Fsp3) is 0.286. The highest BCUT2D eigenvalue weighted by Gasteiger charge is 2.04. The minimum Gasteiger partial charge on any atom is -0.485 e. The van der Waals surface area contributed by atoms with Gasteiger partial charge in [0, 0.05) is 6.61 Å². The molecule has 0 unspecified atom stereocenters. The first-order valence-corrected chi connectivity index (χ1v) is 5.66. The molecule has 0 atom stereocenters. The summed E-state index contributed by atoms with van der Waals surface area (Å²) in [7, 11) is 0. The van der Waals surface area contributed by atoms with Gasteiger partial charge < -0.3 is 14.3 Å². The molecular formula is C14H16O3. The summed E-state index contributed by atoms with van der Waals surface area (Å²) in [6.45, 7) is 2.44. The van der Waals surface area contributed by atoms with E-state index in [0.29, 0.717) is 13.0 Å². The molecule has 0 bridgehead atoms. The lowest BCUT2D eigenvalue weighted by molar-refractivity contribution is 0.260. The summed E-state index contributed by atoms with van der Waals surface area (Å²) in [6.07, 6.45) is 0.605. The molecule has 1 aromatic carbocycles. The average Bonchev–Trinajstić information content (AvgIpc) is 2.74.